The smallest absolute Gasteiger partial charge is 0.305 e. The number of hydrogen-bond donors (Lipinski definition) is 2. The van der Waals surface area contributed by atoms with Crippen molar-refractivity contribution in [3.63, 3.8) is 0 Å². The molecule has 0 fully saturated rings. The van der Waals surface area contributed by atoms with E-state index in [9.17, 15) is 9.59 Å². The summed E-state index contributed by atoms with van der Waals surface area (Å²) in [5.74, 6) is -1.12. The summed E-state index contributed by atoms with van der Waals surface area (Å²) in [6.45, 7) is 0.600. The number of nitrogens with zero attached hydrogens (tertiary/aromatic N) is 3. The summed E-state index contributed by atoms with van der Waals surface area (Å²) in [4.78, 5) is 26.8. The molecule has 116 valence electrons. The molecule has 0 saturated carbocycles. The van der Waals surface area contributed by atoms with Crippen molar-refractivity contribution in [2.24, 2.45) is 0 Å². The van der Waals surface area contributed by atoms with Crippen molar-refractivity contribution in [3.8, 4) is 0 Å². The number of aromatic nitrogens is 3. The van der Waals surface area contributed by atoms with Gasteiger partial charge in [-0.25, -0.2) is 4.98 Å². The number of benzene rings is 1. The molecule has 0 bridgehead atoms. The highest BCUT2D eigenvalue weighted by Gasteiger charge is 2.17. The lowest BCUT2D eigenvalue weighted by Crippen LogP contribution is -2.30. The average molecular weight is 302 g/mol. The van der Waals surface area contributed by atoms with E-state index in [2.05, 4.69) is 15.4 Å². The predicted molar refractivity (Wildman–Crippen MR) is 78.8 cm³/mol. The lowest BCUT2D eigenvalue weighted by atomic mass is 10.0. The van der Waals surface area contributed by atoms with Gasteiger partial charge >= 0.3 is 5.97 Å². The number of aryl methyl sites for hydroxylation is 1. The quantitative estimate of drug-likeness (QED) is 0.768. The van der Waals surface area contributed by atoms with Crippen LogP contribution in [0.15, 0.2) is 43.0 Å². The van der Waals surface area contributed by atoms with Crippen LogP contribution in [0.4, 0.5) is 0 Å². The standard InChI is InChI=1S/C15H18N4O3/c20-14(7-4-8-19-11-16-10-17-19)18-13(9-15(21)22)12-5-2-1-3-6-12/h1-3,5-6,10-11,13H,4,7-9H2,(H,18,20)(H,21,22). The maximum absolute atomic E-state index is 12.0. The van der Waals surface area contributed by atoms with Gasteiger partial charge in [0.2, 0.25) is 5.91 Å². The predicted octanol–water partition coefficient (Wildman–Crippen LogP) is 1.39. The van der Waals surface area contributed by atoms with Gasteiger partial charge in [-0.15, -0.1) is 0 Å². The first kappa shape index (κ1) is 15.7. The van der Waals surface area contributed by atoms with Crippen molar-refractivity contribution in [1.82, 2.24) is 20.1 Å². The first-order valence-corrected chi connectivity index (χ1v) is 7.03. The van der Waals surface area contributed by atoms with Crippen molar-refractivity contribution in [3.05, 3.63) is 48.5 Å². The number of aliphatic carboxylic acids is 1. The molecule has 1 heterocycles. The Kier molecular flexibility index (Phi) is 5.65. The van der Waals surface area contributed by atoms with Gasteiger partial charge in [-0.3, -0.25) is 14.3 Å². The molecule has 2 N–H and O–H groups in total. The Bertz CT molecular complexity index is 599. The first-order chi connectivity index (χ1) is 10.6. The fraction of sp³-hybridized carbons (Fsp3) is 0.333. The number of carbonyl (C=O) groups excluding carboxylic acids is 1. The molecule has 0 radical (unpaired) electrons. The molecule has 7 nitrogen and oxygen atoms in total. The Labute approximate surface area is 128 Å². The molecule has 1 aromatic heterocycles. The molecular formula is C15H18N4O3. The number of carboxylic acid groups (broad SMARTS) is 1. The van der Waals surface area contributed by atoms with Crippen LogP contribution in [0.3, 0.4) is 0 Å². The zero-order valence-corrected chi connectivity index (χ0v) is 12.1. The monoisotopic (exact) mass is 302 g/mol. The van der Waals surface area contributed by atoms with Crippen LogP contribution in [0.2, 0.25) is 0 Å². The number of carboxylic acids is 1. The van der Waals surface area contributed by atoms with Crippen molar-refractivity contribution >= 4 is 11.9 Å². The number of hydrogen-bond acceptors (Lipinski definition) is 4. The molecule has 1 unspecified atom stereocenters. The maximum Gasteiger partial charge on any atom is 0.305 e. The van der Waals surface area contributed by atoms with E-state index in [4.69, 9.17) is 5.11 Å². The zero-order chi connectivity index (χ0) is 15.8. The van der Waals surface area contributed by atoms with Crippen LogP contribution in [0.25, 0.3) is 0 Å². The van der Waals surface area contributed by atoms with E-state index in [1.807, 2.05) is 30.3 Å². The Morgan fingerprint density at radius 1 is 1.27 bits per heavy atom. The molecule has 2 aromatic rings. The zero-order valence-electron chi connectivity index (χ0n) is 12.1. The van der Waals surface area contributed by atoms with Gasteiger partial charge in [0.1, 0.15) is 12.7 Å². The van der Waals surface area contributed by atoms with Crippen LogP contribution in [0.1, 0.15) is 30.9 Å². The Morgan fingerprint density at radius 3 is 2.68 bits per heavy atom. The topological polar surface area (TPSA) is 97.1 Å². The SMILES string of the molecule is O=C(O)CC(NC(=O)CCCn1cncn1)c1ccccc1. The summed E-state index contributed by atoms with van der Waals surface area (Å²) in [6.07, 6.45) is 3.82. The Morgan fingerprint density at radius 2 is 2.05 bits per heavy atom. The van der Waals surface area contributed by atoms with Gasteiger partial charge in [0.05, 0.1) is 12.5 Å². The molecule has 1 aromatic carbocycles. The number of nitrogens with one attached hydrogen (secondary N) is 1. The van der Waals surface area contributed by atoms with Gasteiger partial charge in [-0.05, 0) is 12.0 Å². The molecular weight excluding hydrogens is 284 g/mol. The average Bonchev–Trinajstić information content (AvgIpc) is 3.00. The summed E-state index contributed by atoms with van der Waals surface area (Å²) in [6, 6.07) is 8.59. The highest BCUT2D eigenvalue weighted by molar-refractivity contribution is 5.77. The third-order valence-electron chi connectivity index (χ3n) is 3.17. The fourth-order valence-corrected chi connectivity index (χ4v) is 2.13. The minimum atomic E-state index is -0.947. The minimum Gasteiger partial charge on any atom is -0.481 e. The summed E-state index contributed by atoms with van der Waals surface area (Å²) in [5, 5.41) is 15.7. The number of amides is 1. The van der Waals surface area contributed by atoms with E-state index in [0.717, 1.165) is 5.56 Å². The van der Waals surface area contributed by atoms with Crippen LogP contribution in [-0.2, 0) is 16.1 Å². The molecule has 7 heteroatoms. The van der Waals surface area contributed by atoms with E-state index < -0.39 is 12.0 Å². The fourth-order valence-electron chi connectivity index (χ4n) is 2.13. The second-order valence-corrected chi connectivity index (χ2v) is 4.89. The number of carbonyl (C=O) groups is 2. The normalized spacial score (nSPS) is 11.8. The Balaban J connectivity index is 1.86. The van der Waals surface area contributed by atoms with Gasteiger partial charge in [0.25, 0.3) is 0 Å². The van der Waals surface area contributed by atoms with Crippen LogP contribution in [0.5, 0.6) is 0 Å². The minimum absolute atomic E-state index is 0.140. The third kappa shape index (κ3) is 5.01. The van der Waals surface area contributed by atoms with Gasteiger partial charge in [-0.2, -0.15) is 5.10 Å². The third-order valence-corrected chi connectivity index (χ3v) is 3.17. The van der Waals surface area contributed by atoms with Crippen LogP contribution >= 0.6 is 0 Å². The van der Waals surface area contributed by atoms with E-state index in [1.165, 1.54) is 6.33 Å². The van der Waals surface area contributed by atoms with Crippen LogP contribution in [0, 0.1) is 0 Å². The second-order valence-electron chi connectivity index (χ2n) is 4.89. The maximum atomic E-state index is 12.0. The largest absolute Gasteiger partial charge is 0.481 e. The molecule has 0 aliphatic rings. The summed E-state index contributed by atoms with van der Waals surface area (Å²) < 4.78 is 1.65. The molecule has 2 rings (SSSR count). The summed E-state index contributed by atoms with van der Waals surface area (Å²) in [7, 11) is 0. The van der Waals surface area contributed by atoms with Gasteiger partial charge in [0, 0.05) is 13.0 Å². The van der Waals surface area contributed by atoms with Gasteiger partial charge in [-0.1, -0.05) is 30.3 Å². The highest BCUT2D eigenvalue weighted by atomic mass is 16.4. The van der Waals surface area contributed by atoms with E-state index >= 15 is 0 Å². The van der Waals surface area contributed by atoms with Gasteiger partial charge < -0.3 is 10.4 Å². The highest BCUT2D eigenvalue weighted by Crippen LogP contribution is 2.16. The van der Waals surface area contributed by atoms with Crippen molar-refractivity contribution in [2.75, 3.05) is 0 Å². The lowest BCUT2D eigenvalue weighted by molar-refractivity contribution is -0.137. The molecule has 1 amide bonds. The molecule has 1 atom stereocenters. The lowest BCUT2D eigenvalue weighted by Gasteiger charge is -2.17. The molecule has 0 spiro atoms. The first-order valence-electron chi connectivity index (χ1n) is 7.03. The van der Waals surface area contributed by atoms with E-state index in [0.29, 0.717) is 19.4 Å². The van der Waals surface area contributed by atoms with Crippen LogP contribution in [-0.4, -0.2) is 31.7 Å². The molecule has 0 aliphatic carbocycles. The molecule has 0 aliphatic heterocycles. The number of rotatable bonds is 8. The summed E-state index contributed by atoms with van der Waals surface area (Å²) >= 11 is 0. The van der Waals surface area contributed by atoms with E-state index in [-0.39, 0.29) is 12.3 Å². The van der Waals surface area contributed by atoms with Gasteiger partial charge in [0.15, 0.2) is 0 Å². The molecule has 0 saturated heterocycles. The van der Waals surface area contributed by atoms with Crippen LogP contribution < -0.4 is 5.32 Å². The molecule has 22 heavy (non-hydrogen) atoms. The van der Waals surface area contributed by atoms with Crippen molar-refractivity contribution < 1.29 is 14.7 Å². The van der Waals surface area contributed by atoms with Crippen molar-refractivity contribution in [2.45, 2.75) is 31.8 Å². The second kappa shape index (κ2) is 7.92. The van der Waals surface area contributed by atoms with Crippen molar-refractivity contribution in [1.29, 1.82) is 0 Å². The summed E-state index contributed by atoms with van der Waals surface area (Å²) in [5.41, 5.74) is 0.787. The Hall–Kier alpha value is -2.70. The van der Waals surface area contributed by atoms with E-state index in [1.54, 1.807) is 11.0 Å².